The summed E-state index contributed by atoms with van der Waals surface area (Å²) >= 11 is 0. The van der Waals surface area contributed by atoms with Gasteiger partial charge in [-0.1, -0.05) is 24.3 Å². The average molecular weight is 295 g/mol. The molecule has 5 heteroatoms. The molecule has 0 spiro atoms. The van der Waals surface area contributed by atoms with Gasteiger partial charge in [0.25, 0.3) is 0 Å². The van der Waals surface area contributed by atoms with Crippen LogP contribution in [-0.4, -0.2) is 18.3 Å². The molecule has 0 heterocycles. The third-order valence-electron chi connectivity index (χ3n) is 3.67. The Hall–Kier alpha value is -1.85. The summed E-state index contributed by atoms with van der Waals surface area (Å²) in [5, 5.41) is 9.73. The van der Waals surface area contributed by atoms with Crippen molar-refractivity contribution in [3.05, 3.63) is 71.0 Å². The summed E-state index contributed by atoms with van der Waals surface area (Å²) in [6, 6.07) is 9.44. The predicted molar refractivity (Wildman–Crippen MR) is 74.3 cm³/mol. The molecule has 2 aromatic carbocycles. The minimum atomic E-state index is -1.07. The van der Waals surface area contributed by atoms with Crippen molar-refractivity contribution in [2.24, 2.45) is 5.73 Å². The van der Waals surface area contributed by atoms with E-state index < -0.39 is 29.5 Å². The van der Waals surface area contributed by atoms with Gasteiger partial charge >= 0.3 is 0 Å². The fourth-order valence-electron chi connectivity index (χ4n) is 2.41. The maximum atomic E-state index is 14.0. The van der Waals surface area contributed by atoms with E-state index in [0.29, 0.717) is 5.56 Å². The molecule has 0 aliphatic rings. The van der Waals surface area contributed by atoms with Gasteiger partial charge in [0.05, 0.1) is 6.61 Å². The third kappa shape index (κ3) is 3.09. The van der Waals surface area contributed by atoms with E-state index in [0.717, 1.165) is 12.1 Å². The topological polar surface area (TPSA) is 46.2 Å². The van der Waals surface area contributed by atoms with Gasteiger partial charge < -0.3 is 10.8 Å². The fraction of sp³-hybridized carbons (Fsp3) is 0.250. The van der Waals surface area contributed by atoms with Gasteiger partial charge in [0, 0.05) is 12.0 Å². The number of halogens is 3. The molecular formula is C16H16F3NO. The maximum absolute atomic E-state index is 14.0. The van der Waals surface area contributed by atoms with E-state index in [2.05, 4.69) is 0 Å². The van der Waals surface area contributed by atoms with Crippen molar-refractivity contribution in [3.63, 3.8) is 0 Å². The Morgan fingerprint density at radius 3 is 2.24 bits per heavy atom. The SMILES string of the molecule is NCC(CO)(Cc1ccc(F)c(F)c1)c1ccccc1F. The molecule has 0 bridgehead atoms. The zero-order chi connectivity index (χ0) is 15.5. The van der Waals surface area contributed by atoms with Crippen LogP contribution in [0, 0.1) is 17.5 Å². The molecule has 0 saturated heterocycles. The molecule has 21 heavy (non-hydrogen) atoms. The van der Waals surface area contributed by atoms with Crippen LogP contribution in [-0.2, 0) is 11.8 Å². The van der Waals surface area contributed by atoms with Crippen molar-refractivity contribution >= 4 is 0 Å². The highest BCUT2D eigenvalue weighted by Gasteiger charge is 2.33. The average Bonchev–Trinajstić information content (AvgIpc) is 2.49. The van der Waals surface area contributed by atoms with Crippen molar-refractivity contribution < 1.29 is 18.3 Å². The molecule has 1 unspecified atom stereocenters. The van der Waals surface area contributed by atoms with Crippen molar-refractivity contribution in [3.8, 4) is 0 Å². The van der Waals surface area contributed by atoms with Gasteiger partial charge in [0.15, 0.2) is 11.6 Å². The Labute approximate surface area is 121 Å². The van der Waals surface area contributed by atoms with Gasteiger partial charge in [0.1, 0.15) is 5.82 Å². The van der Waals surface area contributed by atoms with Crippen LogP contribution in [0.15, 0.2) is 42.5 Å². The lowest BCUT2D eigenvalue weighted by atomic mass is 9.76. The number of aliphatic hydroxyl groups excluding tert-OH is 1. The zero-order valence-electron chi connectivity index (χ0n) is 11.3. The van der Waals surface area contributed by atoms with Crippen molar-refractivity contribution in [2.75, 3.05) is 13.2 Å². The van der Waals surface area contributed by atoms with E-state index in [1.165, 1.54) is 24.3 Å². The van der Waals surface area contributed by atoms with E-state index in [1.54, 1.807) is 6.07 Å². The van der Waals surface area contributed by atoms with E-state index in [1.807, 2.05) is 0 Å². The predicted octanol–water partition coefficient (Wildman–Crippen LogP) is 2.54. The molecular weight excluding hydrogens is 279 g/mol. The van der Waals surface area contributed by atoms with Crippen molar-refractivity contribution in [2.45, 2.75) is 11.8 Å². The van der Waals surface area contributed by atoms with Crippen molar-refractivity contribution in [1.29, 1.82) is 0 Å². The highest BCUT2D eigenvalue weighted by molar-refractivity contribution is 5.32. The third-order valence-corrected chi connectivity index (χ3v) is 3.67. The number of benzene rings is 2. The van der Waals surface area contributed by atoms with Gasteiger partial charge in [-0.05, 0) is 35.7 Å². The molecule has 0 aliphatic carbocycles. The highest BCUT2D eigenvalue weighted by Crippen LogP contribution is 2.30. The van der Waals surface area contributed by atoms with E-state index >= 15 is 0 Å². The summed E-state index contributed by atoms with van der Waals surface area (Å²) in [4.78, 5) is 0. The first-order valence-electron chi connectivity index (χ1n) is 6.52. The number of rotatable bonds is 5. The van der Waals surface area contributed by atoms with E-state index in [-0.39, 0.29) is 18.5 Å². The number of hydrogen-bond acceptors (Lipinski definition) is 2. The minimum Gasteiger partial charge on any atom is -0.395 e. The highest BCUT2D eigenvalue weighted by atomic mass is 19.2. The first-order chi connectivity index (χ1) is 10.0. The molecule has 1 atom stereocenters. The second-order valence-corrected chi connectivity index (χ2v) is 5.05. The van der Waals surface area contributed by atoms with Gasteiger partial charge in [-0.2, -0.15) is 0 Å². The fourth-order valence-corrected chi connectivity index (χ4v) is 2.41. The lowest BCUT2D eigenvalue weighted by molar-refractivity contribution is 0.192. The van der Waals surface area contributed by atoms with E-state index in [9.17, 15) is 18.3 Å². The summed E-state index contributed by atoms with van der Waals surface area (Å²) in [5.74, 6) is -2.42. The number of nitrogens with two attached hydrogens (primary N) is 1. The van der Waals surface area contributed by atoms with Crippen LogP contribution in [0.25, 0.3) is 0 Å². The molecule has 112 valence electrons. The lowest BCUT2D eigenvalue weighted by Crippen LogP contribution is -2.41. The van der Waals surface area contributed by atoms with Crippen LogP contribution < -0.4 is 5.73 Å². The first kappa shape index (κ1) is 15.5. The van der Waals surface area contributed by atoms with Crippen LogP contribution in [0.3, 0.4) is 0 Å². The lowest BCUT2D eigenvalue weighted by Gasteiger charge is -2.31. The molecule has 0 amide bonds. The summed E-state index contributed by atoms with van der Waals surface area (Å²) in [7, 11) is 0. The standard InChI is InChI=1S/C16H16F3NO/c17-13-4-2-1-3-12(13)16(9-20,10-21)8-11-5-6-14(18)15(19)7-11/h1-7,21H,8-10,20H2. The van der Waals surface area contributed by atoms with Crippen LogP contribution in [0.2, 0.25) is 0 Å². The molecule has 0 fully saturated rings. The van der Waals surface area contributed by atoms with E-state index in [4.69, 9.17) is 5.73 Å². The summed E-state index contributed by atoms with van der Waals surface area (Å²) in [6.07, 6.45) is 0.109. The molecule has 0 aliphatic heterocycles. The van der Waals surface area contributed by atoms with Crippen molar-refractivity contribution in [1.82, 2.24) is 0 Å². The second kappa shape index (κ2) is 6.28. The Morgan fingerprint density at radius 2 is 1.67 bits per heavy atom. The van der Waals surface area contributed by atoms with Gasteiger partial charge in [-0.15, -0.1) is 0 Å². The molecule has 2 aromatic rings. The molecule has 0 radical (unpaired) electrons. The quantitative estimate of drug-likeness (QED) is 0.890. The summed E-state index contributed by atoms with van der Waals surface area (Å²) in [5.41, 5.74) is 5.37. The second-order valence-electron chi connectivity index (χ2n) is 5.05. The Bertz CT molecular complexity index is 627. The summed E-state index contributed by atoms with van der Waals surface area (Å²) in [6.45, 7) is -0.424. The number of hydrogen-bond donors (Lipinski definition) is 2. The van der Waals surface area contributed by atoms with Crippen LogP contribution in [0.4, 0.5) is 13.2 Å². The largest absolute Gasteiger partial charge is 0.395 e. The van der Waals surface area contributed by atoms with Gasteiger partial charge in [0.2, 0.25) is 0 Å². The summed E-state index contributed by atoms with van der Waals surface area (Å²) < 4.78 is 40.3. The monoisotopic (exact) mass is 295 g/mol. The van der Waals surface area contributed by atoms with Crippen LogP contribution in [0.5, 0.6) is 0 Å². The Kier molecular flexibility index (Phi) is 4.65. The van der Waals surface area contributed by atoms with Crippen LogP contribution in [0.1, 0.15) is 11.1 Å². The van der Waals surface area contributed by atoms with Crippen LogP contribution >= 0.6 is 0 Å². The molecule has 0 aromatic heterocycles. The normalized spacial score (nSPS) is 14.0. The first-order valence-corrected chi connectivity index (χ1v) is 6.52. The Balaban J connectivity index is 2.43. The molecule has 2 nitrogen and oxygen atoms in total. The minimum absolute atomic E-state index is 0.0244. The maximum Gasteiger partial charge on any atom is 0.159 e. The zero-order valence-corrected chi connectivity index (χ0v) is 11.3. The molecule has 0 saturated carbocycles. The number of aliphatic hydroxyl groups is 1. The molecule has 2 rings (SSSR count). The van der Waals surface area contributed by atoms with Gasteiger partial charge in [-0.3, -0.25) is 0 Å². The smallest absolute Gasteiger partial charge is 0.159 e. The Morgan fingerprint density at radius 1 is 0.952 bits per heavy atom. The molecule has 3 N–H and O–H groups in total. The van der Waals surface area contributed by atoms with Gasteiger partial charge in [-0.25, -0.2) is 13.2 Å².